The van der Waals surface area contributed by atoms with Gasteiger partial charge in [-0.1, -0.05) is 27.7 Å². The van der Waals surface area contributed by atoms with Crippen LogP contribution in [-0.2, 0) is 0 Å². The number of H-pyrrole nitrogens is 1. The average molecular weight is 329 g/mol. The third-order valence-corrected chi connectivity index (χ3v) is 2.41. The number of nitrogens with one attached hydrogen (secondary N) is 1. The van der Waals surface area contributed by atoms with Gasteiger partial charge in [0.1, 0.15) is 0 Å². The van der Waals surface area contributed by atoms with Crippen LogP contribution in [0, 0.1) is 0 Å². The second-order valence-corrected chi connectivity index (χ2v) is 4.19. The number of anilines is 1. The van der Waals surface area contributed by atoms with Gasteiger partial charge in [-0.3, -0.25) is 0 Å². The van der Waals surface area contributed by atoms with Crippen molar-refractivity contribution >= 4 is 27.6 Å². The van der Waals surface area contributed by atoms with E-state index in [1.165, 1.54) is 18.2 Å². The van der Waals surface area contributed by atoms with E-state index in [-0.39, 0.29) is 11.0 Å². The summed E-state index contributed by atoms with van der Waals surface area (Å²) in [7, 11) is 0. The Bertz CT molecular complexity index is 535. The summed E-state index contributed by atoms with van der Waals surface area (Å²) in [6.07, 6.45) is 3.57. The normalized spacial score (nSPS) is 8.68. The van der Waals surface area contributed by atoms with Crippen LogP contribution in [-0.4, -0.2) is 16.6 Å². The van der Waals surface area contributed by atoms with Gasteiger partial charge in [0.05, 0.1) is 5.56 Å². The van der Waals surface area contributed by atoms with Crippen molar-refractivity contribution in [3.05, 3.63) is 52.8 Å². The van der Waals surface area contributed by atoms with Gasteiger partial charge in [-0.15, -0.1) is 0 Å². The Morgan fingerprint density at radius 3 is 2.21 bits per heavy atom. The number of aromatic amines is 1. The van der Waals surface area contributed by atoms with Crippen molar-refractivity contribution in [2.24, 2.45) is 0 Å². The number of benzene rings is 1. The number of hydrogen-bond acceptors (Lipinski definition) is 3. The van der Waals surface area contributed by atoms with Crippen LogP contribution in [0.2, 0.25) is 0 Å². The van der Waals surface area contributed by atoms with E-state index in [1.54, 1.807) is 24.5 Å². The molecule has 7 heteroatoms. The first kappa shape index (κ1) is 16.9. The maximum atomic E-state index is 10.8. The monoisotopic (exact) mass is 328 g/mol. The third-order valence-electron chi connectivity index (χ3n) is 1.92. The Morgan fingerprint density at radius 2 is 1.84 bits per heavy atom. The number of pyridine rings is 1. The van der Waals surface area contributed by atoms with Gasteiger partial charge >= 0.3 is 5.97 Å². The van der Waals surface area contributed by atoms with Crippen LogP contribution in [0.15, 0.2) is 47.2 Å². The maximum Gasteiger partial charge on any atom is 0.335 e. The number of hydrogen-bond donors (Lipinski definition) is 2. The minimum atomic E-state index is -1.20. The van der Waals surface area contributed by atoms with Gasteiger partial charge in [0.15, 0.2) is 12.4 Å². The number of halogens is 1. The van der Waals surface area contributed by atoms with Gasteiger partial charge in [0.2, 0.25) is 0 Å². The van der Waals surface area contributed by atoms with Crippen LogP contribution >= 0.6 is 15.9 Å². The first-order valence-corrected chi connectivity index (χ1v) is 5.71. The lowest BCUT2D eigenvalue weighted by Gasteiger charge is -2.08. The summed E-state index contributed by atoms with van der Waals surface area (Å²) < 4.78 is 0.592. The van der Waals surface area contributed by atoms with E-state index in [2.05, 4.69) is 20.9 Å². The van der Waals surface area contributed by atoms with Crippen LogP contribution in [0.4, 0.5) is 5.69 Å². The van der Waals surface area contributed by atoms with Gasteiger partial charge < -0.3 is 21.4 Å². The van der Waals surface area contributed by atoms with Crippen LogP contribution in [0.5, 0.6) is 5.75 Å². The summed E-state index contributed by atoms with van der Waals surface area (Å²) in [5.74, 6) is -1.67. The van der Waals surface area contributed by atoms with E-state index in [1.807, 2.05) is 0 Å². The first-order chi connectivity index (χ1) is 8.50. The molecule has 0 fully saturated rings. The van der Waals surface area contributed by atoms with Gasteiger partial charge in [-0.2, -0.15) is 0 Å². The zero-order chi connectivity index (χ0) is 13.5. The molecular formula is C12H13BrN2O4. The van der Waals surface area contributed by atoms with Crippen molar-refractivity contribution in [3.8, 4) is 5.75 Å². The molecule has 0 amide bonds. The fourth-order valence-electron chi connectivity index (χ4n) is 1.07. The number of rotatable bonds is 1. The number of carboxylic acids is 1. The predicted octanol–water partition coefficient (Wildman–Crippen LogP) is 0.479. The standard InChI is InChI=1S/C7H5BrO3.C5H6N2.H2O/c8-4-1-2-6(9)5(3-4)7(10)11;6-5-1-3-7-4-2-5;/h1-3,9H,(H,10,11);1-4H,(H2,6,7);1H2. The van der Waals surface area contributed by atoms with Gasteiger partial charge in [0.25, 0.3) is 0 Å². The molecule has 6 nitrogen and oxygen atoms in total. The highest BCUT2D eigenvalue weighted by Gasteiger charge is 2.02. The van der Waals surface area contributed by atoms with E-state index >= 15 is 0 Å². The van der Waals surface area contributed by atoms with Crippen LogP contribution in [0.25, 0.3) is 0 Å². The van der Waals surface area contributed by atoms with Gasteiger partial charge in [0, 0.05) is 22.3 Å². The molecule has 1 heterocycles. The number of carboxylic acid groups (broad SMARTS) is 1. The second-order valence-electron chi connectivity index (χ2n) is 3.28. The molecule has 1 aromatic heterocycles. The van der Waals surface area contributed by atoms with Crippen molar-refractivity contribution in [2.75, 3.05) is 5.73 Å². The van der Waals surface area contributed by atoms with E-state index in [4.69, 9.17) is 10.8 Å². The largest absolute Gasteiger partial charge is 0.872 e. The molecule has 0 unspecified atom stereocenters. The molecule has 0 spiro atoms. The Labute approximate surface area is 118 Å². The van der Waals surface area contributed by atoms with Crippen molar-refractivity contribution in [1.82, 2.24) is 0 Å². The molecule has 0 saturated heterocycles. The molecule has 2 aromatic rings. The quantitative estimate of drug-likeness (QED) is 0.787. The highest BCUT2D eigenvalue weighted by Crippen LogP contribution is 2.19. The number of aromatic carboxylic acids is 1. The Kier molecular flexibility index (Phi) is 7.16. The van der Waals surface area contributed by atoms with E-state index < -0.39 is 11.7 Å². The lowest BCUT2D eigenvalue weighted by atomic mass is 10.2. The van der Waals surface area contributed by atoms with Gasteiger partial charge in [-0.25, -0.2) is 9.78 Å². The zero-order valence-corrected chi connectivity index (χ0v) is 11.3. The highest BCUT2D eigenvalue weighted by molar-refractivity contribution is 9.10. The molecule has 6 N–H and O–H groups in total. The molecule has 19 heavy (non-hydrogen) atoms. The van der Waals surface area contributed by atoms with Crippen LogP contribution < -0.4 is 15.8 Å². The van der Waals surface area contributed by atoms with Crippen LogP contribution in [0.1, 0.15) is 10.4 Å². The Hall–Kier alpha value is -2.12. The molecule has 0 saturated carbocycles. The minimum absolute atomic E-state index is 0. The number of aromatic nitrogens is 1. The smallest absolute Gasteiger partial charge is 0.335 e. The number of nitrogen functional groups attached to an aromatic ring is 1. The molecular weight excluding hydrogens is 316 g/mol. The lowest BCUT2D eigenvalue weighted by molar-refractivity contribution is -0.377. The van der Waals surface area contributed by atoms with Crippen molar-refractivity contribution in [2.45, 2.75) is 0 Å². The summed E-state index contributed by atoms with van der Waals surface area (Å²) in [6, 6.07) is 7.62. The Morgan fingerprint density at radius 1 is 1.26 bits per heavy atom. The molecule has 2 rings (SSSR count). The molecule has 0 atom stereocenters. The van der Waals surface area contributed by atoms with Crippen molar-refractivity contribution in [1.29, 1.82) is 0 Å². The molecule has 0 bridgehead atoms. The average Bonchev–Trinajstić information content (AvgIpc) is 2.34. The van der Waals surface area contributed by atoms with E-state index in [0.717, 1.165) is 5.69 Å². The number of nitrogens with two attached hydrogens (primary N) is 1. The lowest BCUT2D eigenvalue weighted by Crippen LogP contribution is -2.03. The van der Waals surface area contributed by atoms with Gasteiger partial charge in [-0.05, 0) is 12.1 Å². The summed E-state index contributed by atoms with van der Waals surface area (Å²) in [5, 5.41) is 19.3. The first-order valence-electron chi connectivity index (χ1n) is 4.92. The van der Waals surface area contributed by atoms with Crippen molar-refractivity contribution in [3.63, 3.8) is 0 Å². The van der Waals surface area contributed by atoms with Crippen LogP contribution in [0.3, 0.4) is 0 Å². The minimum Gasteiger partial charge on any atom is -0.872 e. The van der Waals surface area contributed by atoms with E-state index in [9.17, 15) is 9.90 Å². The summed E-state index contributed by atoms with van der Waals surface area (Å²) in [4.78, 5) is 13.2. The highest BCUT2D eigenvalue weighted by atomic mass is 79.9. The topological polar surface area (TPSA) is 132 Å². The van der Waals surface area contributed by atoms with E-state index in [0.29, 0.717) is 4.47 Å². The van der Waals surface area contributed by atoms with Crippen molar-refractivity contribution < 1.29 is 25.5 Å². The fourth-order valence-corrected chi connectivity index (χ4v) is 1.43. The molecule has 0 aliphatic heterocycles. The maximum absolute atomic E-state index is 10.8. The number of carbonyl (C=O) groups is 1. The predicted molar refractivity (Wildman–Crippen MR) is 71.6 cm³/mol. The summed E-state index contributed by atoms with van der Waals surface area (Å²) >= 11 is 3.06. The SMILES string of the molecule is Nc1cc[nH+]cc1.O.O=C(O)c1cc(Br)ccc1[O-]. The summed E-state index contributed by atoms with van der Waals surface area (Å²) in [5.41, 5.74) is 5.92. The fraction of sp³-hybridized carbons (Fsp3) is 0. The summed E-state index contributed by atoms with van der Waals surface area (Å²) in [6.45, 7) is 0. The molecule has 1 aromatic carbocycles. The Balaban J connectivity index is 0.000000352. The third kappa shape index (κ3) is 5.84. The molecule has 0 aliphatic rings. The zero-order valence-electron chi connectivity index (χ0n) is 9.76. The molecule has 102 valence electrons. The molecule has 0 radical (unpaired) electrons. The molecule has 0 aliphatic carbocycles. The second kappa shape index (κ2) is 8.06.